The molecule has 1 aromatic heterocycles. The summed E-state index contributed by atoms with van der Waals surface area (Å²) in [6.45, 7) is 3.29. The van der Waals surface area contributed by atoms with E-state index in [9.17, 15) is 4.79 Å². The first kappa shape index (κ1) is 13.6. The summed E-state index contributed by atoms with van der Waals surface area (Å²) in [5, 5.41) is 2.08. The van der Waals surface area contributed by atoms with Crippen LogP contribution in [0.4, 0.5) is 11.6 Å². The molecule has 2 aliphatic heterocycles. The van der Waals surface area contributed by atoms with Crippen LogP contribution in [0, 0.1) is 0 Å². The summed E-state index contributed by atoms with van der Waals surface area (Å²) in [5.74, 6) is 0.426. The minimum absolute atomic E-state index is 0.257. The largest absolute Gasteiger partial charge is 0.371 e. The van der Waals surface area contributed by atoms with E-state index in [0.717, 1.165) is 25.9 Å². The van der Waals surface area contributed by atoms with Crippen molar-refractivity contribution >= 4 is 29.1 Å². The van der Waals surface area contributed by atoms with Crippen molar-refractivity contribution in [3.8, 4) is 0 Å². The normalized spacial score (nSPS) is 26.4. The first-order valence-electron chi connectivity index (χ1n) is 6.79. The third-order valence-electron chi connectivity index (χ3n) is 3.59. The van der Waals surface area contributed by atoms with Crippen LogP contribution in [0.25, 0.3) is 0 Å². The topological polar surface area (TPSA) is 67.4 Å². The van der Waals surface area contributed by atoms with E-state index in [0.29, 0.717) is 23.8 Å². The van der Waals surface area contributed by atoms with Crippen molar-refractivity contribution in [1.29, 1.82) is 0 Å². The van der Waals surface area contributed by atoms with Crippen molar-refractivity contribution in [2.75, 3.05) is 23.3 Å². The fourth-order valence-electron chi connectivity index (χ4n) is 2.57. The Labute approximate surface area is 122 Å². The highest BCUT2D eigenvalue weighted by Gasteiger charge is 2.34. The van der Waals surface area contributed by atoms with E-state index in [4.69, 9.17) is 16.3 Å². The Hall–Kier alpha value is -1.40. The summed E-state index contributed by atoms with van der Waals surface area (Å²) in [6, 6.07) is 0. The zero-order valence-corrected chi connectivity index (χ0v) is 12.0. The molecular formula is C13H17ClN4O2. The van der Waals surface area contributed by atoms with Crippen molar-refractivity contribution in [2.24, 2.45) is 0 Å². The monoisotopic (exact) mass is 296 g/mol. The zero-order valence-electron chi connectivity index (χ0n) is 11.3. The van der Waals surface area contributed by atoms with Gasteiger partial charge in [0.1, 0.15) is 5.38 Å². The number of nitrogens with one attached hydrogen (secondary N) is 1. The zero-order chi connectivity index (χ0) is 14.1. The van der Waals surface area contributed by atoms with Crippen LogP contribution in [-0.4, -0.2) is 46.5 Å². The highest BCUT2D eigenvalue weighted by Crippen LogP contribution is 2.28. The van der Waals surface area contributed by atoms with E-state index in [2.05, 4.69) is 20.2 Å². The molecule has 2 fully saturated rings. The Morgan fingerprint density at radius 2 is 2.00 bits per heavy atom. The summed E-state index contributed by atoms with van der Waals surface area (Å²) in [4.78, 5) is 22.2. The second kappa shape index (κ2) is 5.54. The molecule has 3 rings (SSSR count). The number of morpholine rings is 1. The second-order valence-electron chi connectivity index (χ2n) is 5.24. The Bertz CT molecular complexity index is 482. The van der Waals surface area contributed by atoms with Gasteiger partial charge in [0.15, 0.2) is 0 Å². The van der Waals surface area contributed by atoms with Crippen LogP contribution < -0.4 is 10.2 Å². The lowest BCUT2D eigenvalue weighted by Gasteiger charge is -2.32. The smallest absolute Gasteiger partial charge is 0.242 e. The van der Waals surface area contributed by atoms with E-state index in [1.807, 2.05) is 0 Å². The Morgan fingerprint density at radius 1 is 1.40 bits per heavy atom. The van der Waals surface area contributed by atoms with Gasteiger partial charge in [-0.2, -0.15) is 0 Å². The number of hydrogen-bond acceptors (Lipinski definition) is 5. The molecule has 3 heterocycles. The van der Waals surface area contributed by atoms with Gasteiger partial charge in [0, 0.05) is 13.1 Å². The van der Waals surface area contributed by atoms with Crippen LogP contribution in [0.1, 0.15) is 19.8 Å². The molecule has 6 nitrogen and oxygen atoms in total. The number of hydrogen-bond donors (Lipinski definition) is 1. The van der Waals surface area contributed by atoms with Gasteiger partial charge < -0.3 is 15.0 Å². The second-order valence-corrected chi connectivity index (χ2v) is 5.89. The van der Waals surface area contributed by atoms with Crippen molar-refractivity contribution in [3.63, 3.8) is 0 Å². The van der Waals surface area contributed by atoms with E-state index < -0.39 is 5.38 Å². The van der Waals surface area contributed by atoms with Crippen molar-refractivity contribution in [2.45, 2.75) is 37.4 Å². The third-order valence-corrected chi connectivity index (χ3v) is 3.79. The molecule has 0 saturated carbocycles. The maximum atomic E-state index is 11.5. The number of carbonyl (C=O) groups excluding carboxylic acids is 1. The number of rotatable bonds is 3. The quantitative estimate of drug-likeness (QED) is 0.854. The van der Waals surface area contributed by atoms with Crippen LogP contribution >= 0.6 is 11.6 Å². The van der Waals surface area contributed by atoms with Gasteiger partial charge in [0.2, 0.25) is 11.9 Å². The average molecular weight is 297 g/mol. The number of fused-ring (bicyclic) bond motifs is 2. The maximum absolute atomic E-state index is 11.5. The van der Waals surface area contributed by atoms with E-state index >= 15 is 0 Å². The molecule has 1 amide bonds. The summed E-state index contributed by atoms with van der Waals surface area (Å²) < 4.78 is 5.78. The highest BCUT2D eigenvalue weighted by molar-refractivity contribution is 6.32. The van der Waals surface area contributed by atoms with Crippen LogP contribution in [-0.2, 0) is 9.53 Å². The molecule has 2 bridgehead atoms. The summed E-state index contributed by atoms with van der Waals surface area (Å²) in [6.07, 6.45) is 6.04. The van der Waals surface area contributed by atoms with Gasteiger partial charge >= 0.3 is 0 Å². The lowest BCUT2D eigenvalue weighted by atomic mass is 10.2. The molecule has 2 saturated heterocycles. The number of halogens is 1. The predicted molar refractivity (Wildman–Crippen MR) is 76.1 cm³/mol. The van der Waals surface area contributed by atoms with Crippen LogP contribution in [0.2, 0.25) is 0 Å². The van der Waals surface area contributed by atoms with Gasteiger partial charge in [-0.3, -0.25) is 4.79 Å². The van der Waals surface area contributed by atoms with E-state index in [1.54, 1.807) is 19.3 Å². The molecule has 0 aliphatic carbocycles. The Kier molecular flexibility index (Phi) is 3.76. The van der Waals surface area contributed by atoms with Gasteiger partial charge in [-0.1, -0.05) is 0 Å². The predicted octanol–water partition coefficient (Wildman–Crippen LogP) is 1.41. The molecular weight excluding hydrogens is 280 g/mol. The SMILES string of the molecule is CC(Cl)C(=O)Nc1cnc(N2CC3CCC(C2)O3)nc1. The van der Waals surface area contributed by atoms with Crippen molar-refractivity contribution in [3.05, 3.63) is 12.4 Å². The van der Waals surface area contributed by atoms with Crippen LogP contribution in [0.15, 0.2) is 12.4 Å². The number of nitrogens with zero attached hydrogens (tertiary/aromatic N) is 3. The number of ether oxygens (including phenoxy) is 1. The molecule has 0 radical (unpaired) electrons. The number of amides is 1. The molecule has 1 aromatic rings. The molecule has 7 heteroatoms. The molecule has 2 aliphatic rings. The fourth-order valence-corrected chi connectivity index (χ4v) is 2.62. The molecule has 3 unspecified atom stereocenters. The first-order chi connectivity index (χ1) is 9.61. The van der Waals surface area contributed by atoms with Crippen LogP contribution in [0.3, 0.4) is 0 Å². The average Bonchev–Trinajstić information content (AvgIpc) is 2.78. The summed E-state index contributed by atoms with van der Waals surface area (Å²) in [7, 11) is 0. The van der Waals surface area contributed by atoms with Gasteiger partial charge in [-0.05, 0) is 19.8 Å². The molecule has 3 atom stereocenters. The highest BCUT2D eigenvalue weighted by atomic mass is 35.5. The summed E-state index contributed by atoms with van der Waals surface area (Å²) in [5.41, 5.74) is 0.558. The standard InChI is InChI=1S/C13H17ClN4O2/c1-8(14)12(19)17-9-4-15-13(16-5-9)18-6-10-2-3-11(7-18)20-10/h4-5,8,10-11H,2-3,6-7H2,1H3,(H,17,19). The van der Waals surface area contributed by atoms with Crippen LogP contribution in [0.5, 0.6) is 0 Å². The van der Waals surface area contributed by atoms with Crippen molar-refractivity contribution in [1.82, 2.24) is 9.97 Å². The van der Waals surface area contributed by atoms with E-state index in [-0.39, 0.29) is 5.91 Å². The minimum atomic E-state index is -0.579. The molecule has 1 N–H and O–H groups in total. The van der Waals surface area contributed by atoms with Gasteiger partial charge in [0.05, 0.1) is 30.3 Å². The lowest BCUT2D eigenvalue weighted by molar-refractivity contribution is -0.115. The lowest BCUT2D eigenvalue weighted by Crippen LogP contribution is -2.43. The maximum Gasteiger partial charge on any atom is 0.242 e. The molecule has 0 spiro atoms. The fraction of sp³-hybridized carbons (Fsp3) is 0.615. The molecule has 20 heavy (non-hydrogen) atoms. The minimum Gasteiger partial charge on any atom is -0.371 e. The Morgan fingerprint density at radius 3 is 2.55 bits per heavy atom. The van der Waals surface area contributed by atoms with E-state index in [1.165, 1.54) is 0 Å². The first-order valence-corrected chi connectivity index (χ1v) is 7.23. The van der Waals surface area contributed by atoms with Gasteiger partial charge in [-0.25, -0.2) is 9.97 Å². The molecule has 108 valence electrons. The van der Waals surface area contributed by atoms with Gasteiger partial charge in [-0.15, -0.1) is 11.6 Å². The number of aromatic nitrogens is 2. The van der Waals surface area contributed by atoms with Crippen molar-refractivity contribution < 1.29 is 9.53 Å². The molecule has 0 aromatic carbocycles. The number of carbonyl (C=O) groups is 1. The Balaban J connectivity index is 1.65. The third kappa shape index (κ3) is 2.86. The number of anilines is 2. The number of alkyl halides is 1. The van der Waals surface area contributed by atoms with Gasteiger partial charge in [0.25, 0.3) is 0 Å². The summed E-state index contributed by atoms with van der Waals surface area (Å²) >= 11 is 5.70.